The molecule has 2 rings (SSSR count). The summed E-state index contributed by atoms with van der Waals surface area (Å²) < 4.78 is 5.70. The van der Waals surface area contributed by atoms with E-state index in [1.807, 2.05) is 12.1 Å². The fourth-order valence-corrected chi connectivity index (χ4v) is 1.53. The van der Waals surface area contributed by atoms with Gasteiger partial charge in [0.05, 0.1) is 11.6 Å². The summed E-state index contributed by atoms with van der Waals surface area (Å²) in [6.45, 7) is 1.95. The van der Waals surface area contributed by atoms with Gasteiger partial charge in [-0.15, -0.1) is 12.4 Å². The molecule has 0 amide bonds. The van der Waals surface area contributed by atoms with Crippen LogP contribution in [0.1, 0.15) is 12.0 Å². The van der Waals surface area contributed by atoms with Crippen LogP contribution in [-0.4, -0.2) is 19.2 Å². The molecular weight excluding hydrogens is 212 g/mol. The highest BCUT2D eigenvalue weighted by Gasteiger charge is 2.15. The van der Waals surface area contributed by atoms with Gasteiger partial charge in [-0.3, -0.25) is 0 Å². The van der Waals surface area contributed by atoms with Crippen molar-refractivity contribution in [2.75, 3.05) is 13.1 Å². The number of nitrogens with one attached hydrogen (secondary N) is 1. The van der Waals surface area contributed by atoms with E-state index >= 15 is 0 Å². The first-order chi connectivity index (χ1) is 6.88. The van der Waals surface area contributed by atoms with Gasteiger partial charge in [-0.25, -0.2) is 0 Å². The van der Waals surface area contributed by atoms with Crippen molar-refractivity contribution < 1.29 is 4.74 Å². The molecule has 1 unspecified atom stereocenters. The number of ether oxygens (including phenoxy) is 1. The smallest absolute Gasteiger partial charge is 0.119 e. The molecule has 0 spiro atoms. The fraction of sp³-hybridized carbons (Fsp3) is 0.364. The van der Waals surface area contributed by atoms with Crippen LogP contribution in [0.4, 0.5) is 0 Å². The molecule has 1 aromatic carbocycles. The quantitative estimate of drug-likeness (QED) is 0.832. The molecule has 1 aliphatic rings. The van der Waals surface area contributed by atoms with Crippen LogP contribution in [0.5, 0.6) is 5.75 Å². The van der Waals surface area contributed by atoms with Crippen LogP contribution in [0.25, 0.3) is 0 Å². The van der Waals surface area contributed by atoms with Crippen molar-refractivity contribution in [3.05, 3.63) is 29.8 Å². The average Bonchev–Trinajstić information content (AvgIpc) is 2.72. The number of rotatable bonds is 2. The summed E-state index contributed by atoms with van der Waals surface area (Å²) in [5.41, 5.74) is 0.668. The Morgan fingerprint density at radius 1 is 1.33 bits per heavy atom. The van der Waals surface area contributed by atoms with Crippen LogP contribution in [0, 0.1) is 11.3 Å². The van der Waals surface area contributed by atoms with Gasteiger partial charge < -0.3 is 10.1 Å². The summed E-state index contributed by atoms with van der Waals surface area (Å²) in [7, 11) is 0. The van der Waals surface area contributed by atoms with Crippen molar-refractivity contribution in [3.8, 4) is 11.8 Å². The second-order valence-corrected chi connectivity index (χ2v) is 3.37. The maximum atomic E-state index is 8.61. The van der Waals surface area contributed by atoms with Crippen molar-refractivity contribution in [3.63, 3.8) is 0 Å². The van der Waals surface area contributed by atoms with Crippen molar-refractivity contribution in [2.45, 2.75) is 12.5 Å². The molecule has 0 bridgehead atoms. The second-order valence-electron chi connectivity index (χ2n) is 3.37. The Bertz CT molecular complexity index is 339. The normalized spacial score (nSPS) is 19.0. The Labute approximate surface area is 95.5 Å². The maximum absolute atomic E-state index is 8.61. The molecule has 1 aliphatic heterocycles. The molecule has 1 N–H and O–H groups in total. The van der Waals surface area contributed by atoms with E-state index in [1.54, 1.807) is 12.1 Å². The van der Waals surface area contributed by atoms with E-state index in [0.29, 0.717) is 5.56 Å². The maximum Gasteiger partial charge on any atom is 0.119 e. The molecule has 0 aromatic heterocycles. The molecule has 1 aromatic rings. The zero-order valence-corrected chi connectivity index (χ0v) is 9.09. The highest BCUT2D eigenvalue weighted by molar-refractivity contribution is 5.85. The Morgan fingerprint density at radius 3 is 2.60 bits per heavy atom. The lowest BCUT2D eigenvalue weighted by atomic mass is 10.2. The zero-order valence-electron chi connectivity index (χ0n) is 8.27. The highest BCUT2D eigenvalue weighted by Crippen LogP contribution is 2.15. The highest BCUT2D eigenvalue weighted by atomic mass is 35.5. The topological polar surface area (TPSA) is 45.0 Å². The first-order valence-electron chi connectivity index (χ1n) is 4.76. The van der Waals surface area contributed by atoms with Gasteiger partial charge in [0.2, 0.25) is 0 Å². The van der Waals surface area contributed by atoms with E-state index in [9.17, 15) is 0 Å². The molecule has 1 fully saturated rings. The minimum Gasteiger partial charge on any atom is -0.489 e. The van der Waals surface area contributed by atoms with Crippen molar-refractivity contribution in [2.24, 2.45) is 0 Å². The molecule has 0 saturated carbocycles. The van der Waals surface area contributed by atoms with Gasteiger partial charge in [-0.05, 0) is 37.2 Å². The fourth-order valence-electron chi connectivity index (χ4n) is 1.53. The van der Waals surface area contributed by atoms with E-state index in [4.69, 9.17) is 10.00 Å². The van der Waals surface area contributed by atoms with E-state index in [-0.39, 0.29) is 18.5 Å². The summed E-state index contributed by atoms with van der Waals surface area (Å²) in [5, 5.41) is 11.8. The molecule has 3 nitrogen and oxygen atoms in total. The molecule has 4 heteroatoms. The van der Waals surface area contributed by atoms with Crippen LogP contribution in [0.15, 0.2) is 24.3 Å². The molecule has 15 heavy (non-hydrogen) atoms. The lowest BCUT2D eigenvalue weighted by molar-refractivity contribution is 0.223. The largest absolute Gasteiger partial charge is 0.489 e. The molecule has 1 saturated heterocycles. The standard InChI is InChI=1S/C11H12N2O.ClH/c12-7-9-1-3-10(4-2-9)14-11-5-6-13-8-11;/h1-4,11,13H,5-6,8H2;1H. The minimum absolute atomic E-state index is 0. The van der Waals surface area contributed by atoms with E-state index in [1.165, 1.54) is 0 Å². The van der Waals surface area contributed by atoms with Crippen LogP contribution in [0.2, 0.25) is 0 Å². The van der Waals surface area contributed by atoms with E-state index in [2.05, 4.69) is 11.4 Å². The molecule has 1 atom stereocenters. The Kier molecular flexibility index (Phi) is 4.41. The third-order valence-corrected chi connectivity index (χ3v) is 2.30. The van der Waals surface area contributed by atoms with Gasteiger partial charge in [0, 0.05) is 6.54 Å². The van der Waals surface area contributed by atoms with Crippen LogP contribution >= 0.6 is 12.4 Å². The Hall–Kier alpha value is -1.24. The monoisotopic (exact) mass is 224 g/mol. The van der Waals surface area contributed by atoms with Crippen molar-refractivity contribution in [1.82, 2.24) is 5.32 Å². The van der Waals surface area contributed by atoms with Gasteiger partial charge in [-0.2, -0.15) is 5.26 Å². The molecule has 0 radical (unpaired) electrons. The minimum atomic E-state index is 0. The van der Waals surface area contributed by atoms with Crippen molar-refractivity contribution >= 4 is 12.4 Å². The number of hydrogen-bond donors (Lipinski definition) is 1. The number of nitrogens with zero attached hydrogens (tertiary/aromatic N) is 1. The predicted molar refractivity (Wildman–Crippen MR) is 60.3 cm³/mol. The summed E-state index contributed by atoms with van der Waals surface area (Å²) in [5.74, 6) is 0.845. The number of halogens is 1. The van der Waals surface area contributed by atoms with Gasteiger partial charge in [0.15, 0.2) is 0 Å². The number of benzene rings is 1. The SMILES string of the molecule is Cl.N#Cc1ccc(OC2CCNC2)cc1. The zero-order chi connectivity index (χ0) is 9.80. The number of nitriles is 1. The van der Waals surface area contributed by atoms with Crippen LogP contribution in [-0.2, 0) is 0 Å². The molecule has 1 heterocycles. The van der Waals surface area contributed by atoms with Gasteiger partial charge >= 0.3 is 0 Å². The lowest BCUT2D eigenvalue weighted by Gasteiger charge is -2.11. The van der Waals surface area contributed by atoms with E-state index in [0.717, 1.165) is 25.3 Å². The Morgan fingerprint density at radius 2 is 2.07 bits per heavy atom. The van der Waals surface area contributed by atoms with Gasteiger partial charge in [0.25, 0.3) is 0 Å². The summed E-state index contributed by atoms with van der Waals surface area (Å²) in [6, 6.07) is 9.32. The second kappa shape index (κ2) is 5.59. The lowest BCUT2D eigenvalue weighted by Crippen LogP contribution is -2.19. The van der Waals surface area contributed by atoms with Crippen LogP contribution in [0.3, 0.4) is 0 Å². The van der Waals surface area contributed by atoms with Gasteiger partial charge in [-0.1, -0.05) is 0 Å². The summed E-state index contributed by atoms with van der Waals surface area (Å²) >= 11 is 0. The van der Waals surface area contributed by atoms with E-state index < -0.39 is 0 Å². The van der Waals surface area contributed by atoms with Crippen LogP contribution < -0.4 is 10.1 Å². The third kappa shape index (κ3) is 3.12. The predicted octanol–water partition coefficient (Wildman–Crippen LogP) is 1.72. The number of hydrogen-bond acceptors (Lipinski definition) is 3. The van der Waals surface area contributed by atoms with Crippen molar-refractivity contribution in [1.29, 1.82) is 5.26 Å². The third-order valence-electron chi connectivity index (χ3n) is 2.30. The average molecular weight is 225 g/mol. The molecular formula is C11H13ClN2O. The first-order valence-corrected chi connectivity index (χ1v) is 4.76. The molecule has 0 aliphatic carbocycles. The summed E-state index contributed by atoms with van der Waals surface area (Å²) in [6.07, 6.45) is 1.34. The van der Waals surface area contributed by atoms with Gasteiger partial charge in [0.1, 0.15) is 11.9 Å². The summed E-state index contributed by atoms with van der Waals surface area (Å²) in [4.78, 5) is 0. The first kappa shape index (κ1) is 11.8. The molecule has 80 valence electrons. The Balaban J connectivity index is 0.00000112.